The van der Waals surface area contributed by atoms with Crippen molar-refractivity contribution in [1.82, 2.24) is 0 Å². The molecular formula is C8H6BrCl. The van der Waals surface area contributed by atoms with Gasteiger partial charge >= 0.3 is 0 Å². The van der Waals surface area contributed by atoms with Gasteiger partial charge in [-0.15, -0.1) is 0 Å². The van der Waals surface area contributed by atoms with Gasteiger partial charge in [0.25, 0.3) is 0 Å². The van der Waals surface area contributed by atoms with Crippen molar-refractivity contribution < 1.29 is 0 Å². The van der Waals surface area contributed by atoms with Crippen molar-refractivity contribution in [3.63, 3.8) is 0 Å². The molecule has 0 aliphatic carbocycles. The SMILES string of the molecule is ClC=Cc1ccc(Br)cc1. The van der Waals surface area contributed by atoms with Crippen LogP contribution in [0.1, 0.15) is 5.56 Å². The van der Waals surface area contributed by atoms with Gasteiger partial charge in [0.1, 0.15) is 0 Å². The quantitative estimate of drug-likeness (QED) is 0.673. The van der Waals surface area contributed by atoms with Crippen molar-refractivity contribution in [3.8, 4) is 0 Å². The van der Waals surface area contributed by atoms with E-state index in [1.165, 1.54) is 5.54 Å². The summed E-state index contributed by atoms with van der Waals surface area (Å²) >= 11 is 8.72. The van der Waals surface area contributed by atoms with Crippen LogP contribution in [0.2, 0.25) is 0 Å². The van der Waals surface area contributed by atoms with Crippen LogP contribution in [0.25, 0.3) is 6.08 Å². The summed E-state index contributed by atoms with van der Waals surface area (Å²) in [5, 5.41) is 0. The van der Waals surface area contributed by atoms with Gasteiger partial charge in [0, 0.05) is 10.0 Å². The molecule has 0 bridgehead atoms. The van der Waals surface area contributed by atoms with E-state index in [9.17, 15) is 0 Å². The summed E-state index contributed by atoms with van der Waals surface area (Å²) < 4.78 is 1.08. The summed E-state index contributed by atoms with van der Waals surface area (Å²) in [4.78, 5) is 0. The van der Waals surface area contributed by atoms with Crippen LogP contribution < -0.4 is 0 Å². The van der Waals surface area contributed by atoms with E-state index in [0.717, 1.165) is 10.0 Å². The maximum Gasteiger partial charge on any atom is 0.0175 e. The molecule has 0 saturated heterocycles. The molecule has 0 unspecified atom stereocenters. The molecule has 1 aromatic rings. The van der Waals surface area contributed by atoms with Crippen LogP contribution in [0.15, 0.2) is 34.3 Å². The molecule has 0 saturated carbocycles. The number of hydrogen-bond acceptors (Lipinski definition) is 0. The van der Waals surface area contributed by atoms with E-state index < -0.39 is 0 Å². The minimum absolute atomic E-state index is 1.08. The van der Waals surface area contributed by atoms with Gasteiger partial charge in [-0.25, -0.2) is 0 Å². The fraction of sp³-hybridized carbons (Fsp3) is 0. The first kappa shape index (κ1) is 7.83. The Balaban J connectivity index is 2.89. The first-order valence-corrected chi connectivity index (χ1v) is 4.08. The van der Waals surface area contributed by atoms with Gasteiger partial charge in [0.2, 0.25) is 0 Å². The topological polar surface area (TPSA) is 0 Å². The zero-order valence-corrected chi connectivity index (χ0v) is 7.56. The van der Waals surface area contributed by atoms with Crippen LogP contribution in [0.4, 0.5) is 0 Å². The Morgan fingerprint density at radius 2 is 1.80 bits per heavy atom. The van der Waals surface area contributed by atoms with Gasteiger partial charge in [-0.05, 0) is 23.8 Å². The maximum atomic E-state index is 5.38. The average Bonchev–Trinajstić information content (AvgIpc) is 1.95. The highest BCUT2D eigenvalue weighted by Crippen LogP contribution is 2.11. The Morgan fingerprint density at radius 1 is 1.20 bits per heavy atom. The fourth-order valence-corrected chi connectivity index (χ4v) is 1.06. The molecule has 10 heavy (non-hydrogen) atoms. The summed E-state index contributed by atoms with van der Waals surface area (Å²) in [7, 11) is 0. The van der Waals surface area contributed by atoms with E-state index in [0.29, 0.717) is 0 Å². The molecule has 0 spiro atoms. The number of benzene rings is 1. The number of halogens is 2. The zero-order chi connectivity index (χ0) is 7.40. The molecule has 0 radical (unpaired) electrons. The number of rotatable bonds is 1. The van der Waals surface area contributed by atoms with Gasteiger partial charge in [-0.3, -0.25) is 0 Å². The lowest BCUT2D eigenvalue weighted by Gasteiger charge is -1.90. The average molecular weight is 217 g/mol. The fourth-order valence-electron chi connectivity index (χ4n) is 0.647. The molecule has 0 aliphatic heterocycles. The predicted octanol–water partition coefficient (Wildman–Crippen LogP) is 3.66. The summed E-state index contributed by atoms with van der Waals surface area (Å²) in [6, 6.07) is 7.93. The zero-order valence-electron chi connectivity index (χ0n) is 5.22. The van der Waals surface area contributed by atoms with Crippen molar-refractivity contribution in [1.29, 1.82) is 0 Å². The van der Waals surface area contributed by atoms with Crippen LogP contribution >= 0.6 is 27.5 Å². The lowest BCUT2D eigenvalue weighted by molar-refractivity contribution is 1.62. The highest BCUT2D eigenvalue weighted by molar-refractivity contribution is 9.10. The van der Waals surface area contributed by atoms with Crippen molar-refractivity contribution in [3.05, 3.63) is 39.8 Å². The Hall–Kier alpha value is -0.270. The first-order chi connectivity index (χ1) is 4.83. The molecule has 0 amide bonds. The predicted molar refractivity (Wildman–Crippen MR) is 49.0 cm³/mol. The van der Waals surface area contributed by atoms with E-state index in [4.69, 9.17) is 11.6 Å². The summed E-state index contributed by atoms with van der Waals surface area (Å²) in [6.07, 6.45) is 1.84. The van der Waals surface area contributed by atoms with Crippen molar-refractivity contribution in [2.75, 3.05) is 0 Å². The van der Waals surface area contributed by atoms with Crippen molar-refractivity contribution in [2.45, 2.75) is 0 Å². The monoisotopic (exact) mass is 216 g/mol. The minimum Gasteiger partial charge on any atom is -0.0929 e. The Kier molecular flexibility index (Phi) is 2.97. The molecule has 1 aromatic carbocycles. The summed E-state index contributed by atoms with van der Waals surface area (Å²) in [6.45, 7) is 0. The van der Waals surface area contributed by atoms with Crippen LogP contribution in [0.5, 0.6) is 0 Å². The van der Waals surface area contributed by atoms with Crippen LogP contribution in [-0.4, -0.2) is 0 Å². The highest BCUT2D eigenvalue weighted by atomic mass is 79.9. The Labute approximate surface area is 73.6 Å². The molecule has 2 heteroatoms. The lowest BCUT2D eigenvalue weighted by atomic mass is 10.2. The third-order valence-electron chi connectivity index (χ3n) is 1.13. The molecule has 0 atom stereocenters. The van der Waals surface area contributed by atoms with Crippen molar-refractivity contribution >= 4 is 33.6 Å². The number of hydrogen-bond donors (Lipinski definition) is 0. The van der Waals surface area contributed by atoms with Gasteiger partial charge in [-0.1, -0.05) is 39.7 Å². The van der Waals surface area contributed by atoms with Crippen LogP contribution in [0, 0.1) is 0 Å². The van der Waals surface area contributed by atoms with Gasteiger partial charge in [0.15, 0.2) is 0 Å². The minimum atomic E-state index is 1.08. The molecule has 0 nitrogen and oxygen atoms in total. The summed E-state index contributed by atoms with van der Waals surface area (Å²) in [5.74, 6) is 0. The van der Waals surface area contributed by atoms with Gasteiger partial charge < -0.3 is 0 Å². The smallest absolute Gasteiger partial charge is 0.0175 e. The first-order valence-electron chi connectivity index (χ1n) is 2.85. The highest BCUT2D eigenvalue weighted by Gasteiger charge is 1.84. The van der Waals surface area contributed by atoms with E-state index in [2.05, 4.69) is 15.9 Å². The molecule has 0 N–H and O–H groups in total. The van der Waals surface area contributed by atoms with E-state index in [1.54, 1.807) is 0 Å². The lowest BCUT2D eigenvalue weighted by Crippen LogP contribution is -1.68. The normalized spacial score (nSPS) is 10.6. The third-order valence-corrected chi connectivity index (χ3v) is 1.78. The second-order valence-corrected chi connectivity index (χ2v) is 3.01. The van der Waals surface area contributed by atoms with E-state index in [1.807, 2.05) is 30.3 Å². The Bertz CT molecular complexity index is 226. The maximum absolute atomic E-state index is 5.38. The van der Waals surface area contributed by atoms with E-state index in [-0.39, 0.29) is 0 Å². The van der Waals surface area contributed by atoms with Gasteiger partial charge in [-0.2, -0.15) is 0 Å². The second kappa shape index (κ2) is 3.79. The molecule has 52 valence electrons. The van der Waals surface area contributed by atoms with Gasteiger partial charge in [0.05, 0.1) is 0 Å². The van der Waals surface area contributed by atoms with Crippen LogP contribution in [0.3, 0.4) is 0 Å². The molecule has 0 aliphatic rings. The standard InChI is InChI=1S/C8H6BrCl/c9-8-3-1-7(2-4-8)5-6-10/h1-6H. The van der Waals surface area contributed by atoms with E-state index >= 15 is 0 Å². The molecular weight excluding hydrogens is 211 g/mol. The Morgan fingerprint density at radius 3 is 2.30 bits per heavy atom. The van der Waals surface area contributed by atoms with Crippen molar-refractivity contribution in [2.24, 2.45) is 0 Å². The molecule has 0 aromatic heterocycles. The molecule has 0 heterocycles. The second-order valence-electron chi connectivity index (χ2n) is 1.84. The molecule has 1 rings (SSSR count). The largest absolute Gasteiger partial charge is 0.0929 e. The molecule has 0 fully saturated rings. The third kappa shape index (κ3) is 2.16. The van der Waals surface area contributed by atoms with Crippen LogP contribution in [-0.2, 0) is 0 Å². The summed E-state index contributed by atoms with van der Waals surface area (Å²) in [5.41, 5.74) is 2.61.